The Balaban J connectivity index is 1.59. The predicted octanol–water partition coefficient (Wildman–Crippen LogP) is 4.44. The second-order valence-corrected chi connectivity index (χ2v) is 8.41. The average Bonchev–Trinajstić information content (AvgIpc) is 3.31. The van der Waals surface area contributed by atoms with Crippen LogP contribution in [0.3, 0.4) is 0 Å². The lowest BCUT2D eigenvalue weighted by Gasteiger charge is -2.22. The van der Waals surface area contributed by atoms with E-state index in [1.165, 1.54) is 5.01 Å². The molecule has 180 valence electrons. The van der Waals surface area contributed by atoms with Gasteiger partial charge in [0.15, 0.2) is 23.0 Å². The number of amides is 2. The van der Waals surface area contributed by atoms with Gasteiger partial charge in [0.2, 0.25) is 6.79 Å². The van der Waals surface area contributed by atoms with Crippen molar-refractivity contribution < 1.29 is 23.7 Å². The van der Waals surface area contributed by atoms with Crippen LogP contribution < -0.4 is 24.3 Å². The quantitative estimate of drug-likeness (QED) is 0.606. The summed E-state index contributed by atoms with van der Waals surface area (Å²) in [5.41, 5.74) is 5.55. The number of ether oxygens (including phenoxy) is 4. The van der Waals surface area contributed by atoms with Crippen molar-refractivity contribution in [3.63, 3.8) is 0 Å². The number of urea groups is 1. The Labute approximate surface area is 204 Å². The van der Waals surface area contributed by atoms with E-state index in [1.807, 2.05) is 61.5 Å². The second-order valence-electron chi connectivity index (χ2n) is 8.41. The van der Waals surface area contributed by atoms with Crippen LogP contribution in [-0.2, 0) is 6.42 Å². The summed E-state index contributed by atoms with van der Waals surface area (Å²) >= 11 is 0. The molecule has 2 aliphatic rings. The molecule has 1 unspecified atom stereocenters. The first kappa shape index (κ1) is 22.6. The first-order chi connectivity index (χ1) is 17.0. The minimum atomic E-state index is -0.265. The number of benzene rings is 3. The van der Waals surface area contributed by atoms with Gasteiger partial charge in [-0.1, -0.05) is 30.3 Å². The molecule has 8 heteroatoms. The molecule has 0 bridgehead atoms. The highest BCUT2D eigenvalue weighted by molar-refractivity contribution is 6.14. The number of carbonyl (C=O) groups excluding carboxylic acids is 1. The zero-order chi connectivity index (χ0) is 24.5. The summed E-state index contributed by atoms with van der Waals surface area (Å²) in [7, 11) is 4.83. The number of nitrogens with zero attached hydrogens (tertiary/aromatic N) is 2. The summed E-state index contributed by atoms with van der Waals surface area (Å²) < 4.78 is 22.0. The number of hydrogen-bond donors (Lipinski definition) is 1. The topological polar surface area (TPSA) is 81.6 Å². The minimum absolute atomic E-state index is 0.155. The Hall–Kier alpha value is -4.20. The minimum Gasteiger partial charge on any atom is -0.493 e. The lowest BCUT2D eigenvalue weighted by Crippen LogP contribution is -2.41. The van der Waals surface area contributed by atoms with Gasteiger partial charge < -0.3 is 24.3 Å². The van der Waals surface area contributed by atoms with Gasteiger partial charge in [0.25, 0.3) is 0 Å². The van der Waals surface area contributed by atoms with E-state index in [9.17, 15) is 4.79 Å². The van der Waals surface area contributed by atoms with Crippen molar-refractivity contribution in [3.8, 4) is 34.1 Å². The third-order valence-electron chi connectivity index (χ3n) is 6.29. The number of methoxy groups -OCH3 is 2. The number of carbonyl (C=O) groups is 1. The van der Waals surface area contributed by atoms with Gasteiger partial charge in [-0.3, -0.25) is 0 Å². The maximum Gasteiger partial charge on any atom is 0.337 e. The number of rotatable bonds is 4. The van der Waals surface area contributed by atoms with Crippen molar-refractivity contribution in [3.05, 3.63) is 71.3 Å². The molecule has 2 heterocycles. The van der Waals surface area contributed by atoms with E-state index >= 15 is 0 Å². The molecule has 3 aromatic carbocycles. The smallest absolute Gasteiger partial charge is 0.337 e. The summed E-state index contributed by atoms with van der Waals surface area (Å²) in [6.45, 7) is 2.22. The predicted molar refractivity (Wildman–Crippen MR) is 133 cm³/mol. The molecule has 3 aromatic rings. The van der Waals surface area contributed by atoms with Gasteiger partial charge in [0, 0.05) is 18.2 Å². The normalized spacial score (nSPS) is 16.2. The van der Waals surface area contributed by atoms with Gasteiger partial charge in [-0.25, -0.2) is 9.80 Å². The molecule has 2 amide bonds. The lowest BCUT2D eigenvalue weighted by atomic mass is 9.93. The molecule has 1 atom stereocenters. The van der Waals surface area contributed by atoms with Crippen LogP contribution in [0, 0.1) is 0 Å². The van der Waals surface area contributed by atoms with Crippen molar-refractivity contribution in [2.24, 2.45) is 5.10 Å². The maximum absolute atomic E-state index is 12.7. The lowest BCUT2D eigenvalue weighted by molar-refractivity contribution is 0.174. The van der Waals surface area contributed by atoms with E-state index in [4.69, 9.17) is 24.0 Å². The van der Waals surface area contributed by atoms with Gasteiger partial charge in [0.1, 0.15) is 0 Å². The summed E-state index contributed by atoms with van der Waals surface area (Å²) in [5, 5.41) is 9.02. The SMILES string of the molecule is CNC(=O)N1N=C(c2ccc(-c3ccc4c(c3)OCO4)cc2)c2cc(OC)c(OC)cc2CC1C. The Kier molecular flexibility index (Phi) is 5.94. The van der Waals surface area contributed by atoms with Crippen molar-refractivity contribution in [1.29, 1.82) is 0 Å². The molecule has 5 rings (SSSR count). The number of fused-ring (bicyclic) bond motifs is 2. The molecule has 0 saturated heterocycles. The van der Waals surface area contributed by atoms with Crippen LogP contribution in [-0.4, -0.2) is 50.9 Å². The zero-order valence-corrected chi connectivity index (χ0v) is 20.1. The molecule has 0 aromatic heterocycles. The van der Waals surface area contributed by atoms with E-state index in [0.29, 0.717) is 23.6 Å². The molecule has 0 spiro atoms. The summed E-state index contributed by atoms with van der Waals surface area (Å²) in [5.74, 6) is 2.74. The fourth-order valence-electron chi connectivity index (χ4n) is 4.45. The van der Waals surface area contributed by atoms with Crippen molar-refractivity contribution in [2.45, 2.75) is 19.4 Å². The fraction of sp³-hybridized carbons (Fsp3) is 0.259. The van der Waals surface area contributed by atoms with E-state index in [1.54, 1.807) is 21.3 Å². The molecule has 8 nitrogen and oxygen atoms in total. The Morgan fingerprint density at radius 2 is 1.60 bits per heavy atom. The van der Waals surface area contributed by atoms with Crippen LogP contribution in [0.1, 0.15) is 23.6 Å². The molecule has 35 heavy (non-hydrogen) atoms. The zero-order valence-electron chi connectivity index (χ0n) is 20.1. The second kappa shape index (κ2) is 9.21. The largest absolute Gasteiger partial charge is 0.493 e. The van der Waals surface area contributed by atoms with Gasteiger partial charge in [-0.05, 0) is 54.3 Å². The van der Waals surface area contributed by atoms with Crippen molar-refractivity contribution in [1.82, 2.24) is 10.3 Å². The number of hydrazone groups is 1. The van der Waals surface area contributed by atoms with Crippen LogP contribution in [0.15, 0.2) is 59.7 Å². The monoisotopic (exact) mass is 473 g/mol. The van der Waals surface area contributed by atoms with Crippen molar-refractivity contribution >= 4 is 11.7 Å². The van der Waals surface area contributed by atoms with Gasteiger partial charge >= 0.3 is 6.03 Å². The summed E-state index contributed by atoms with van der Waals surface area (Å²) in [6.07, 6.45) is 0.616. The van der Waals surface area contributed by atoms with Crippen LogP contribution in [0.4, 0.5) is 4.79 Å². The van der Waals surface area contributed by atoms with Crippen LogP contribution in [0.5, 0.6) is 23.0 Å². The highest BCUT2D eigenvalue weighted by Crippen LogP contribution is 2.37. The van der Waals surface area contributed by atoms with Crippen LogP contribution >= 0.6 is 0 Å². The molecule has 0 aliphatic carbocycles. The molecular weight excluding hydrogens is 446 g/mol. The first-order valence-electron chi connectivity index (χ1n) is 11.4. The molecule has 1 N–H and O–H groups in total. The maximum atomic E-state index is 12.7. The molecule has 0 saturated carbocycles. The van der Waals surface area contributed by atoms with Gasteiger partial charge in [0.05, 0.1) is 26.0 Å². The molecule has 2 aliphatic heterocycles. The highest BCUT2D eigenvalue weighted by Gasteiger charge is 2.28. The van der Waals surface area contributed by atoms with E-state index < -0.39 is 0 Å². The third-order valence-corrected chi connectivity index (χ3v) is 6.29. The summed E-state index contributed by atoms with van der Waals surface area (Å²) in [4.78, 5) is 12.7. The fourth-order valence-corrected chi connectivity index (χ4v) is 4.45. The van der Waals surface area contributed by atoms with Gasteiger partial charge in [-0.15, -0.1) is 0 Å². The van der Waals surface area contributed by atoms with Gasteiger partial charge in [-0.2, -0.15) is 5.10 Å². The van der Waals surface area contributed by atoms with Crippen LogP contribution in [0.2, 0.25) is 0 Å². The summed E-state index contributed by atoms with van der Waals surface area (Å²) in [6, 6.07) is 17.5. The standard InChI is InChI=1S/C27H27N3O5/c1-16-11-20-13-23(32-3)24(33-4)14-21(20)26(29-30(16)27(31)28-2)18-7-5-17(6-8-18)19-9-10-22-25(12-19)35-15-34-22/h5-10,12-14,16H,11,15H2,1-4H3,(H,28,31). The average molecular weight is 474 g/mol. The molecule has 0 fully saturated rings. The first-order valence-corrected chi connectivity index (χ1v) is 11.4. The highest BCUT2D eigenvalue weighted by atomic mass is 16.7. The Morgan fingerprint density at radius 1 is 0.943 bits per heavy atom. The van der Waals surface area contributed by atoms with E-state index in [2.05, 4.69) is 5.32 Å². The Morgan fingerprint density at radius 3 is 2.31 bits per heavy atom. The third kappa shape index (κ3) is 4.12. The van der Waals surface area contributed by atoms with E-state index in [0.717, 1.165) is 39.3 Å². The Bertz CT molecular complexity index is 1300. The number of nitrogens with one attached hydrogen (secondary N) is 1. The molecule has 0 radical (unpaired) electrons. The van der Waals surface area contributed by atoms with Crippen LogP contribution in [0.25, 0.3) is 11.1 Å². The number of hydrogen-bond acceptors (Lipinski definition) is 6. The van der Waals surface area contributed by atoms with E-state index in [-0.39, 0.29) is 18.9 Å². The van der Waals surface area contributed by atoms with Crippen molar-refractivity contribution in [2.75, 3.05) is 28.1 Å². The molecular formula is C27H27N3O5.